The summed E-state index contributed by atoms with van der Waals surface area (Å²) in [6.07, 6.45) is 1.10. The zero-order chi connectivity index (χ0) is 18.9. The van der Waals surface area contributed by atoms with Gasteiger partial charge in [-0.25, -0.2) is 0 Å². The normalized spacial score (nSPS) is 34.3. The maximum absolute atomic E-state index is 13.3. The summed E-state index contributed by atoms with van der Waals surface area (Å²) in [4.78, 5) is 26.6. The topological polar surface area (TPSA) is 69.4 Å². The molecule has 2 aromatic carbocycles. The highest BCUT2D eigenvalue weighted by molar-refractivity contribution is 6.21. The molecule has 2 N–H and O–H groups in total. The number of ether oxygens (including phenoxy) is 1. The van der Waals surface area contributed by atoms with Gasteiger partial charge in [0.15, 0.2) is 11.6 Å². The first-order valence-electron chi connectivity index (χ1n) is 9.62. The van der Waals surface area contributed by atoms with Crippen LogP contribution in [0.1, 0.15) is 35.4 Å². The molecule has 2 heterocycles. The van der Waals surface area contributed by atoms with Gasteiger partial charge in [-0.05, 0) is 54.5 Å². The smallest absolute Gasteiger partial charge is 0.171 e. The molecule has 0 radical (unpaired) electrons. The van der Waals surface area contributed by atoms with E-state index in [0.717, 1.165) is 40.7 Å². The average Bonchev–Trinajstić information content (AvgIpc) is 3.29. The van der Waals surface area contributed by atoms with Gasteiger partial charge in [-0.3, -0.25) is 9.59 Å². The third-order valence-electron chi connectivity index (χ3n) is 6.74. The lowest BCUT2D eigenvalue weighted by atomic mass is 9.75. The number of Topliss-reactive ketones (excluding diaryl/α,β-unsaturated/α-hetero) is 2. The van der Waals surface area contributed by atoms with Crippen molar-refractivity contribution in [3.8, 4) is 11.1 Å². The Morgan fingerprint density at radius 1 is 1.00 bits per heavy atom. The number of carbonyl (C=O) groups is 2. The van der Waals surface area contributed by atoms with Crippen LogP contribution in [0.15, 0.2) is 42.5 Å². The molecule has 2 saturated heterocycles. The Morgan fingerprint density at radius 2 is 1.67 bits per heavy atom. The van der Waals surface area contributed by atoms with Crippen LogP contribution in [-0.2, 0) is 14.3 Å². The van der Waals surface area contributed by atoms with Gasteiger partial charge in [0, 0.05) is 0 Å². The zero-order valence-electron chi connectivity index (χ0n) is 15.6. The van der Waals surface area contributed by atoms with Crippen molar-refractivity contribution >= 4 is 11.6 Å². The molecule has 5 rings (SSSR count). The van der Waals surface area contributed by atoms with Gasteiger partial charge in [0.2, 0.25) is 0 Å². The maximum atomic E-state index is 13.3. The van der Waals surface area contributed by atoms with Crippen LogP contribution in [0.3, 0.4) is 0 Å². The fraction of sp³-hybridized carbons (Fsp3) is 0.391. The molecule has 2 aliphatic heterocycles. The first kappa shape index (κ1) is 16.8. The molecule has 0 spiro atoms. The summed E-state index contributed by atoms with van der Waals surface area (Å²) in [7, 11) is 0. The Morgan fingerprint density at radius 3 is 2.30 bits per heavy atom. The van der Waals surface area contributed by atoms with Gasteiger partial charge in [-0.1, -0.05) is 42.5 Å². The standard InChI is InChI=1S/C23H23NO3/c1-12-10-15(14-6-4-3-5-7-14)11-13(2)18(12)19-21(25)20-16-8-9-17(27-16)23(20,24)22(19)26/h3-7,10-11,16-17,19-20H,8-9,24H2,1-2H3/t16-,17+,19?,20+,23-/m1/s1. The highest BCUT2D eigenvalue weighted by atomic mass is 16.5. The first-order chi connectivity index (χ1) is 12.9. The van der Waals surface area contributed by atoms with Crippen molar-refractivity contribution in [2.45, 2.75) is 50.4 Å². The van der Waals surface area contributed by atoms with E-state index in [1.165, 1.54) is 0 Å². The molecule has 5 atom stereocenters. The summed E-state index contributed by atoms with van der Waals surface area (Å²) in [5, 5.41) is 0. The summed E-state index contributed by atoms with van der Waals surface area (Å²) in [6.45, 7) is 3.97. The van der Waals surface area contributed by atoms with Crippen molar-refractivity contribution in [1.82, 2.24) is 0 Å². The Labute approximate surface area is 158 Å². The first-order valence-corrected chi connectivity index (χ1v) is 9.62. The maximum Gasteiger partial charge on any atom is 0.171 e. The van der Waals surface area contributed by atoms with Crippen LogP contribution in [0.2, 0.25) is 0 Å². The molecule has 3 fully saturated rings. The number of benzene rings is 2. The quantitative estimate of drug-likeness (QED) is 0.835. The fourth-order valence-electron chi connectivity index (χ4n) is 5.56. The minimum atomic E-state index is -1.14. The molecule has 1 saturated carbocycles. The van der Waals surface area contributed by atoms with Crippen molar-refractivity contribution in [2.24, 2.45) is 11.7 Å². The van der Waals surface area contributed by atoms with Crippen molar-refractivity contribution in [3.05, 3.63) is 59.2 Å². The Hall–Kier alpha value is -2.30. The van der Waals surface area contributed by atoms with E-state index >= 15 is 0 Å². The molecule has 0 amide bonds. The molecule has 2 bridgehead atoms. The molecule has 1 unspecified atom stereocenters. The van der Waals surface area contributed by atoms with Gasteiger partial charge in [0.05, 0.1) is 18.1 Å². The van der Waals surface area contributed by atoms with E-state index < -0.39 is 17.4 Å². The molecule has 27 heavy (non-hydrogen) atoms. The number of nitrogens with two attached hydrogens (primary N) is 1. The predicted molar refractivity (Wildman–Crippen MR) is 102 cm³/mol. The van der Waals surface area contributed by atoms with Crippen LogP contribution in [0, 0.1) is 19.8 Å². The summed E-state index contributed by atoms with van der Waals surface area (Å²) in [5.74, 6) is -1.44. The molecule has 138 valence electrons. The van der Waals surface area contributed by atoms with E-state index in [-0.39, 0.29) is 23.8 Å². The Kier molecular flexibility index (Phi) is 3.49. The van der Waals surface area contributed by atoms with Crippen molar-refractivity contribution in [2.75, 3.05) is 0 Å². The predicted octanol–water partition coefficient (Wildman–Crippen LogP) is 3.08. The van der Waals surface area contributed by atoms with Crippen LogP contribution in [-0.4, -0.2) is 29.3 Å². The lowest BCUT2D eigenvalue weighted by molar-refractivity contribution is -0.128. The second-order valence-corrected chi connectivity index (χ2v) is 8.24. The van der Waals surface area contributed by atoms with Crippen LogP contribution >= 0.6 is 0 Å². The van der Waals surface area contributed by atoms with Crippen LogP contribution in [0.4, 0.5) is 0 Å². The highest BCUT2D eigenvalue weighted by Gasteiger charge is 2.71. The Bertz CT molecular complexity index is 944. The molecule has 4 heteroatoms. The highest BCUT2D eigenvalue weighted by Crippen LogP contribution is 2.54. The minimum absolute atomic E-state index is 0.0478. The third-order valence-corrected chi connectivity index (χ3v) is 6.74. The van der Waals surface area contributed by atoms with E-state index in [9.17, 15) is 9.59 Å². The van der Waals surface area contributed by atoms with Gasteiger partial charge in [-0.15, -0.1) is 0 Å². The van der Waals surface area contributed by atoms with Gasteiger partial charge >= 0.3 is 0 Å². The number of carbonyl (C=O) groups excluding carboxylic acids is 2. The van der Waals surface area contributed by atoms with Crippen LogP contribution < -0.4 is 5.73 Å². The lowest BCUT2D eigenvalue weighted by Crippen LogP contribution is -2.58. The summed E-state index contributed by atoms with van der Waals surface area (Å²) in [5.41, 5.74) is 10.4. The van der Waals surface area contributed by atoms with E-state index in [1.54, 1.807) is 0 Å². The number of hydrogen-bond donors (Lipinski definition) is 1. The molecule has 0 aromatic heterocycles. The van der Waals surface area contributed by atoms with E-state index in [4.69, 9.17) is 10.5 Å². The Balaban J connectivity index is 1.60. The van der Waals surface area contributed by atoms with Crippen LogP contribution in [0.5, 0.6) is 0 Å². The van der Waals surface area contributed by atoms with Crippen molar-refractivity contribution < 1.29 is 14.3 Å². The third kappa shape index (κ3) is 2.11. The molecular formula is C23H23NO3. The molecular weight excluding hydrogens is 338 g/mol. The van der Waals surface area contributed by atoms with Crippen molar-refractivity contribution in [3.63, 3.8) is 0 Å². The molecule has 3 aliphatic rings. The number of ketones is 2. The second-order valence-electron chi connectivity index (χ2n) is 8.24. The zero-order valence-corrected chi connectivity index (χ0v) is 15.6. The van der Waals surface area contributed by atoms with Gasteiger partial charge in [0.1, 0.15) is 11.5 Å². The number of hydrogen-bond acceptors (Lipinski definition) is 4. The van der Waals surface area contributed by atoms with E-state index in [1.807, 2.05) is 32.0 Å². The van der Waals surface area contributed by atoms with E-state index in [2.05, 4.69) is 24.3 Å². The number of rotatable bonds is 2. The number of fused-ring (bicyclic) bond motifs is 5. The van der Waals surface area contributed by atoms with Crippen LogP contribution in [0.25, 0.3) is 11.1 Å². The van der Waals surface area contributed by atoms with Gasteiger partial charge < -0.3 is 10.5 Å². The molecule has 1 aliphatic carbocycles. The SMILES string of the molecule is Cc1cc(-c2ccccc2)cc(C)c1C1C(=O)[C@@H]2[C@H]3CC[C@H](O3)[C@]2(N)C1=O. The summed E-state index contributed by atoms with van der Waals surface area (Å²) < 4.78 is 5.84. The number of aryl methyl sites for hydroxylation is 2. The fourth-order valence-corrected chi connectivity index (χ4v) is 5.56. The van der Waals surface area contributed by atoms with Crippen molar-refractivity contribution in [1.29, 1.82) is 0 Å². The average molecular weight is 361 g/mol. The lowest BCUT2D eigenvalue weighted by Gasteiger charge is -2.29. The van der Waals surface area contributed by atoms with E-state index in [0.29, 0.717) is 0 Å². The van der Waals surface area contributed by atoms with Gasteiger partial charge in [-0.2, -0.15) is 0 Å². The second kappa shape index (κ2) is 5.60. The summed E-state index contributed by atoms with van der Waals surface area (Å²) in [6, 6.07) is 14.3. The summed E-state index contributed by atoms with van der Waals surface area (Å²) >= 11 is 0. The van der Waals surface area contributed by atoms with Gasteiger partial charge in [0.25, 0.3) is 0 Å². The molecule has 2 aromatic rings. The molecule has 4 nitrogen and oxygen atoms in total. The largest absolute Gasteiger partial charge is 0.372 e. The minimum Gasteiger partial charge on any atom is -0.372 e. The monoisotopic (exact) mass is 361 g/mol.